The molecule has 8 nitrogen and oxygen atoms in total. The topological polar surface area (TPSA) is 108 Å². The molecule has 1 aliphatic heterocycles. The van der Waals surface area contributed by atoms with E-state index in [1.54, 1.807) is 45.0 Å². The standard InChI is InChI=1S/C16H21N3O5/c1-16(2,3)24-15(23)18-11-8-17-10-6-4-5-7-12(10)19(14(11)22)9-13(20)21/h4-7,11,17H,8-9H2,1-3H3,(H,18,23)(H,20,21). The lowest BCUT2D eigenvalue weighted by atomic mass is 10.2. The molecule has 1 aromatic rings. The Balaban J connectivity index is 2.23. The maximum absolute atomic E-state index is 12.7. The van der Waals surface area contributed by atoms with Crippen molar-refractivity contribution in [1.82, 2.24) is 5.32 Å². The largest absolute Gasteiger partial charge is 0.480 e. The summed E-state index contributed by atoms with van der Waals surface area (Å²) in [6, 6.07) is 5.94. The van der Waals surface area contributed by atoms with E-state index in [1.165, 1.54) is 0 Å². The predicted octanol–water partition coefficient (Wildman–Crippen LogP) is 1.42. The summed E-state index contributed by atoms with van der Waals surface area (Å²) in [5.74, 6) is -1.66. The highest BCUT2D eigenvalue weighted by Crippen LogP contribution is 2.28. The number of carboxylic acid groups (broad SMARTS) is 1. The van der Waals surface area contributed by atoms with Crippen LogP contribution < -0.4 is 15.5 Å². The number of rotatable bonds is 3. The van der Waals surface area contributed by atoms with Gasteiger partial charge in [0.05, 0.1) is 11.4 Å². The Morgan fingerprint density at radius 2 is 2.04 bits per heavy atom. The lowest BCUT2D eigenvalue weighted by Gasteiger charge is -2.25. The van der Waals surface area contributed by atoms with Gasteiger partial charge in [0.2, 0.25) is 0 Å². The number of hydrogen-bond acceptors (Lipinski definition) is 5. The molecule has 130 valence electrons. The maximum atomic E-state index is 12.7. The molecule has 0 saturated heterocycles. The molecule has 1 heterocycles. The second kappa shape index (κ2) is 6.77. The fourth-order valence-electron chi connectivity index (χ4n) is 2.33. The summed E-state index contributed by atoms with van der Waals surface area (Å²) in [6.45, 7) is 4.78. The number of nitrogens with one attached hydrogen (secondary N) is 2. The van der Waals surface area contributed by atoms with Crippen LogP contribution in [0.25, 0.3) is 0 Å². The monoisotopic (exact) mass is 335 g/mol. The molecule has 0 radical (unpaired) electrons. The zero-order chi connectivity index (χ0) is 17.9. The highest BCUT2D eigenvalue weighted by atomic mass is 16.6. The van der Waals surface area contributed by atoms with Crippen LogP contribution in [0.1, 0.15) is 20.8 Å². The summed E-state index contributed by atoms with van der Waals surface area (Å²) < 4.78 is 5.16. The van der Waals surface area contributed by atoms with Crippen molar-refractivity contribution in [1.29, 1.82) is 0 Å². The zero-order valence-corrected chi connectivity index (χ0v) is 13.8. The van der Waals surface area contributed by atoms with Crippen molar-refractivity contribution < 1.29 is 24.2 Å². The number of carboxylic acids is 1. The molecule has 0 aromatic heterocycles. The summed E-state index contributed by atoms with van der Waals surface area (Å²) in [6.07, 6.45) is -0.733. The molecule has 8 heteroatoms. The molecule has 0 bridgehead atoms. The van der Waals surface area contributed by atoms with Crippen molar-refractivity contribution in [2.24, 2.45) is 0 Å². The Bertz CT molecular complexity index is 653. The van der Waals surface area contributed by atoms with E-state index in [0.717, 1.165) is 4.90 Å². The van der Waals surface area contributed by atoms with Crippen molar-refractivity contribution in [2.75, 3.05) is 23.3 Å². The molecule has 0 saturated carbocycles. The normalized spacial score (nSPS) is 17.4. The number of benzene rings is 1. The molecule has 1 atom stereocenters. The molecule has 1 unspecified atom stereocenters. The number of alkyl carbamates (subject to hydrolysis) is 1. The average Bonchev–Trinajstić information content (AvgIpc) is 2.57. The molecule has 0 aliphatic carbocycles. The SMILES string of the molecule is CC(C)(C)OC(=O)NC1CNc2ccccc2N(CC(=O)O)C1=O. The number of amides is 2. The number of fused-ring (bicyclic) bond motifs is 1. The van der Waals surface area contributed by atoms with E-state index in [2.05, 4.69) is 10.6 Å². The second-order valence-corrected chi connectivity index (χ2v) is 6.41. The third-order valence-electron chi connectivity index (χ3n) is 3.24. The van der Waals surface area contributed by atoms with Crippen LogP contribution >= 0.6 is 0 Å². The summed E-state index contributed by atoms with van der Waals surface area (Å²) in [7, 11) is 0. The first-order valence-corrected chi connectivity index (χ1v) is 7.53. The van der Waals surface area contributed by atoms with Crippen LogP contribution in [0, 0.1) is 0 Å². The molecule has 0 fully saturated rings. The van der Waals surface area contributed by atoms with Crippen molar-refractivity contribution in [3.05, 3.63) is 24.3 Å². The summed E-state index contributed by atoms with van der Waals surface area (Å²) in [5.41, 5.74) is 0.383. The third kappa shape index (κ3) is 4.37. The lowest BCUT2D eigenvalue weighted by molar-refractivity contribution is -0.136. The van der Waals surface area contributed by atoms with Gasteiger partial charge in [-0.25, -0.2) is 4.79 Å². The summed E-state index contributed by atoms with van der Waals surface area (Å²) >= 11 is 0. The van der Waals surface area contributed by atoms with E-state index in [4.69, 9.17) is 9.84 Å². The van der Waals surface area contributed by atoms with Crippen molar-refractivity contribution >= 4 is 29.3 Å². The Hall–Kier alpha value is -2.77. The Labute approximate surface area is 139 Å². The fourth-order valence-corrected chi connectivity index (χ4v) is 2.33. The van der Waals surface area contributed by atoms with Gasteiger partial charge >= 0.3 is 12.1 Å². The maximum Gasteiger partial charge on any atom is 0.408 e. The van der Waals surface area contributed by atoms with Gasteiger partial charge in [-0.2, -0.15) is 0 Å². The van der Waals surface area contributed by atoms with Crippen LogP contribution in [-0.2, 0) is 14.3 Å². The highest BCUT2D eigenvalue weighted by Gasteiger charge is 2.33. The quantitative estimate of drug-likeness (QED) is 0.771. The van der Waals surface area contributed by atoms with Gasteiger partial charge in [-0.15, -0.1) is 0 Å². The Morgan fingerprint density at radius 3 is 2.67 bits per heavy atom. The number of nitrogens with zero attached hydrogens (tertiary/aromatic N) is 1. The summed E-state index contributed by atoms with van der Waals surface area (Å²) in [4.78, 5) is 36.9. The molecule has 1 aliphatic rings. The van der Waals surface area contributed by atoms with E-state index in [1.807, 2.05) is 0 Å². The third-order valence-corrected chi connectivity index (χ3v) is 3.24. The smallest absolute Gasteiger partial charge is 0.408 e. The van der Waals surface area contributed by atoms with Crippen LogP contribution in [-0.4, -0.2) is 47.8 Å². The average molecular weight is 335 g/mol. The van der Waals surface area contributed by atoms with Gasteiger partial charge < -0.3 is 20.5 Å². The number of aliphatic carboxylic acids is 1. The van der Waals surface area contributed by atoms with Crippen LogP contribution in [0.2, 0.25) is 0 Å². The zero-order valence-electron chi connectivity index (χ0n) is 13.8. The van der Waals surface area contributed by atoms with Gasteiger partial charge in [0.15, 0.2) is 0 Å². The second-order valence-electron chi connectivity index (χ2n) is 6.41. The van der Waals surface area contributed by atoms with Gasteiger partial charge in [0.1, 0.15) is 18.2 Å². The number of carbonyl (C=O) groups excluding carboxylic acids is 2. The van der Waals surface area contributed by atoms with Crippen LogP contribution in [0.15, 0.2) is 24.3 Å². The van der Waals surface area contributed by atoms with Gasteiger partial charge in [0, 0.05) is 6.54 Å². The Morgan fingerprint density at radius 1 is 1.38 bits per heavy atom. The number of anilines is 2. The van der Waals surface area contributed by atoms with E-state index < -0.39 is 36.2 Å². The van der Waals surface area contributed by atoms with E-state index in [0.29, 0.717) is 11.4 Å². The van der Waals surface area contributed by atoms with Gasteiger partial charge in [-0.05, 0) is 32.9 Å². The first kappa shape index (κ1) is 17.6. The van der Waals surface area contributed by atoms with E-state index in [-0.39, 0.29) is 6.54 Å². The van der Waals surface area contributed by atoms with Crippen LogP contribution in [0.5, 0.6) is 0 Å². The number of para-hydroxylation sites is 2. The first-order chi connectivity index (χ1) is 11.2. The molecule has 0 spiro atoms. The molecule has 1 aromatic carbocycles. The van der Waals surface area contributed by atoms with Crippen molar-refractivity contribution in [3.63, 3.8) is 0 Å². The molecule has 24 heavy (non-hydrogen) atoms. The van der Waals surface area contributed by atoms with Gasteiger partial charge in [-0.3, -0.25) is 14.5 Å². The predicted molar refractivity (Wildman–Crippen MR) is 88.1 cm³/mol. The minimum absolute atomic E-state index is 0.130. The summed E-state index contributed by atoms with van der Waals surface area (Å²) in [5, 5.41) is 14.6. The minimum atomic E-state index is -1.14. The molecule has 2 amide bonds. The van der Waals surface area contributed by atoms with E-state index >= 15 is 0 Å². The van der Waals surface area contributed by atoms with Crippen molar-refractivity contribution in [2.45, 2.75) is 32.4 Å². The number of ether oxygens (including phenoxy) is 1. The van der Waals surface area contributed by atoms with Crippen LogP contribution in [0.3, 0.4) is 0 Å². The van der Waals surface area contributed by atoms with Gasteiger partial charge in [0.25, 0.3) is 5.91 Å². The van der Waals surface area contributed by atoms with Gasteiger partial charge in [-0.1, -0.05) is 12.1 Å². The van der Waals surface area contributed by atoms with Crippen LogP contribution in [0.4, 0.5) is 16.2 Å². The number of hydrogen-bond donors (Lipinski definition) is 3. The minimum Gasteiger partial charge on any atom is -0.480 e. The molecular weight excluding hydrogens is 314 g/mol. The fraction of sp³-hybridized carbons (Fsp3) is 0.438. The number of carbonyl (C=O) groups is 3. The highest BCUT2D eigenvalue weighted by molar-refractivity contribution is 6.05. The molecular formula is C16H21N3O5. The molecule has 3 N–H and O–H groups in total. The Kier molecular flexibility index (Phi) is 4.96. The first-order valence-electron chi connectivity index (χ1n) is 7.53. The lowest BCUT2D eigenvalue weighted by Crippen LogP contribution is -2.52. The van der Waals surface area contributed by atoms with Crippen molar-refractivity contribution in [3.8, 4) is 0 Å². The van der Waals surface area contributed by atoms with E-state index in [9.17, 15) is 14.4 Å². The molecule has 2 rings (SSSR count).